The first-order chi connectivity index (χ1) is 13.6. The van der Waals surface area contributed by atoms with Gasteiger partial charge >= 0.3 is 6.03 Å². The van der Waals surface area contributed by atoms with Crippen molar-refractivity contribution in [2.75, 3.05) is 13.1 Å². The van der Waals surface area contributed by atoms with Crippen LogP contribution in [0.2, 0.25) is 0 Å². The Morgan fingerprint density at radius 2 is 1.89 bits per heavy atom. The van der Waals surface area contributed by atoms with Crippen molar-refractivity contribution in [3.63, 3.8) is 0 Å². The zero-order valence-corrected chi connectivity index (χ0v) is 15.9. The van der Waals surface area contributed by atoms with Gasteiger partial charge in [0.2, 0.25) is 0 Å². The van der Waals surface area contributed by atoms with Crippen LogP contribution in [0.15, 0.2) is 48.5 Å². The van der Waals surface area contributed by atoms with Gasteiger partial charge < -0.3 is 15.0 Å². The average molecular weight is 380 g/mol. The Morgan fingerprint density at radius 3 is 2.68 bits per heavy atom. The fourth-order valence-corrected chi connectivity index (χ4v) is 4.63. The first-order valence-corrected chi connectivity index (χ1v) is 10.2. The Hall–Kier alpha value is -2.56. The molecule has 5 rings (SSSR count). The van der Waals surface area contributed by atoms with Gasteiger partial charge in [-0.1, -0.05) is 30.3 Å². The van der Waals surface area contributed by atoms with Gasteiger partial charge in [-0.25, -0.2) is 9.18 Å². The van der Waals surface area contributed by atoms with Gasteiger partial charge in [-0.05, 0) is 48.6 Å². The number of hydrogen-bond donors (Lipinski definition) is 1. The molecule has 1 N–H and O–H groups in total. The summed E-state index contributed by atoms with van der Waals surface area (Å²) in [4.78, 5) is 14.6. The lowest BCUT2D eigenvalue weighted by atomic mass is 9.83. The van der Waals surface area contributed by atoms with E-state index in [2.05, 4.69) is 17.4 Å². The zero-order chi connectivity index (χ0) is 19.1. The predicted molar refractivity (Wildman–Crippen MR) is 105 cm³/mol. The van der Waals surface area contributed by atoms with E-state index in [0.717, 1.165) is 43.4 Å². The van der Waals surface area contributed by atoms with Crippen molar-refractivity contribution >= 4 is 6.03 Å². The first-order valence-electron chi connectivity index (χ1n) is 10.2. The van der Waals surface area contributed by atoms with Gasteiger partial charge in [0.25, 0.3) is 0 Å². The molecule has 0 aromatic heterocycles. The molecule has 0 radical (unpaired) electrons. The van der Waals surface area contributed by atoms with Gasteiger partial charge in [0.15, 0.2) is 0 Å². The Balaban J connectivity index is 1.16. The maximum absolute atomic E-state index is 13.4. The quantitative estimate of drug-likeness (QED) is 0.846. The van der Waals surface area contributed by atoms with Gasteiger partial charge in [-0.15, -0.1) is 0 Å². The van der Waals surface area contributed by atoms with Crippen LogP contribution in [-0.4, -0.2) is 35.7 Å². The van der Waals surface area contributed by atoms with E-state index in [-0.39, 0.29) is 23.5 Å². The highest BCUT2D eigenvalue weighted by Crippen LogP contribution is 2.42. The molecule has 2 aliphatic heterocycles. The summed E-state index contributed by atoms with van der Waals surface area (Å²) >= 11 is 0. The van der Waals surface area contributed by atoms with Crippen LogP contribution >= 0.6 is 0 Å². The smallest absolute Gasteiger partial charge is 0.317 e. The number of nitrogens with zero attached hydrogens (tertiary/aromatic N) is 1. The number of halogens is 1. The summed E-state index contributed by atoms with van der Waals surface area (Å²) in [6.45, 7) is 1.40. The van der Waals surface area contributed by atoms with E-state index in [1.165, 1.54) is 11.6 Å². The topological polar surface area (TPSA) is 41.6 Å². The molecule has 3 aliphatic rings. The van der Waals surface area contributed by atoms with Crippen LogP contribution in [0.3, 0.4) is 0 Å². The minimum absolute atomic E-state index is 0.0385. The Kier molecular flexibility index (Phi) is 4.26. The SMILES string of the molecule is O=C(NC1CC1c1ccccc1)N1CCC2(CCc3cc(F)ccc3O2)CC1. The molecule has 2 atom stereocenters. The van der Waals surface area contributed by atoms with Gasteiger partial charge in [0.1, 0.15) is 17.2 Å². The van der Waals surface area contributed by atoms with E-state index in [0.29, 0.717) is 19.0 Å². The van der Waals surface area contributed by atoms with E-state index >= 15 is 0 Å². The number of hydrogen-bond acceptors (Lipinski definition) is 2. The first kappa shape index (κ1) is 17.5. The van der Waals surface area contributed by atoms with Crippen molar-refractivity contribution in [2.24, 2.45) is 0 Å². The molecule has 2 aromatic rings. The van der Waals surface area contributed by atoms with Crippen molar-refractivity contribution in [1.82, 2.24) is 10.2 Å². The number of carbonyl (C=O) groups excluding carboxylic acids is 1. The highest BCUT2D eigenvalue weighted by Gasteiger charge is 2.43. The largest absolute Gasteiger partial charge is 0.487 e. The van der Waals surface area contributed by atoms with Crippen LogP contribution in [0, 0.1) is 5.82 Å². The van der Waals surface area contributed by atoms with Gasteiger partial charge in [0.05, 0.1) is 0 Å². The Morgan fingerprint density at radius 1 is 1.11 bits per heavy atom. The van der Waals surface area contributed by atoms with Crippen molar-refractivity contribution < 1.29 is 13.9 Å². The standard InChI is InChI=1S/C23H25FN2O2/c24-18-6-7-21-17(14-18)8-9-23(28-21)10-12-26(13-11-23)22(27)25-20-15-19(20)16-4-2-1-3-5-16/h1-7,14,19-20H,8-13,15H2,(H,25,27). The van der Waals surface area contributed by atoms with Crippen LogP contribution in [-0.2, 0) is 6.42 Å². The fourth-order valence-electron chi connectivity index (χ4n) is 4.63. The molecule has 5 heteroatoms. The molecule has 146 valence electrons. The van der Waals surface area contributed by atoms with Crippen LogP contribution < -0.4 is 10.1 Å². The lowest BCUT2D eigenvalue weighted by molar-refractivity contribution is -0.00565. The molecule has 2 aromatic carbocycles. The normalized spacial score (nSPS) is 25.0. The summed E-state index contributed by atoms with van der Waals surface area (Å²) in [5.41, 5.74) is 2.04. The molecule has 1 spiro atoms. The summed E-state index contributed by atoms with van der Waals surface area (Å²) in [5, 5.41) is 3.19. The molecule has 28 heavy (non-hydrogen) atoms. The molecule has 4 nitrogen and oxygen atoms in total. The van der Waals surface area contributed by atoms with E-state index in [4.69, 9.17) is 4.74 Å². The number of amides is 2. The minimum atomic E-state index is -0.215. The average Bonchev–Trinajstić information content (AvgIpc) is 3.48. The maximum atomic E-state index is 13.4. The fraction of sp³-hybridized carbons (Fsp3) is 0.435. The van der Waals surface area contributed by atoms with E-state index < -0.39 is 0 Å². The predicted octanol–water partition coefficient (Wildman–Crippen LogP) is 4.25. The molecule has 0 bridgehead atoms. The number of benzene rings is 2. The monoisotopic (exact) mass is 380 g/mol. The third kappa shape index (κ3) is 3.34. The number of rotatable bonds is 2. The molecule has 1 saturated carbocycles. The van der Waals surface area contributed by atoms with Crippen LogP contribution in [0.25, 0.3) is 0 Å². The number of likely N-dealkylation sites (tertiary alicyclic amines) is 1. The summed E-state index contributed by atoms with van der Waals surface area (Å²) in [6.07, 6.45) is 4.38. The number of piperidine rings is 1. The summed E-state index contributed by atoms with van der Waals surface area (Å²) < 4.78 is 19.7. The van der Waals surface area contributed by atoms with Crippen LogP contribution in [0.4, 0.5) is 9.18 Å². The van der Waals surface area contributed by atoms with Gasteiger partial charge in [-0.2, -0.15) is 0 Å². The molecule has 2 heterocycles. The van der Waals surface area contributed by atoms with Gasteiger partial charge in [0, 0.05) is 37.9 Å². The third-order valence-corrected chi connectivity index (χ3v) is 6.49. The molecular weight excluding hydrogens is 355 g/mol. The van der Waals surface area contributed by atoms with Crippen molar-refractivity contribution in [3.8, 4) is 5.75 Å². The molecule has 2 fully saturated rings. The Bertz CT molecular complexity index is 877. The lowest BCUT2D eigenvalue weighted by Crippen LogP contribution is -2.53. The van der Waals surface area contributed by atoms with Crippen LogP contribution in [0.1, 0.15) is 42.7 Å². The number of carbonyl (C=O) groups is 1. The highest BCUT2D eigenvalue weighted by molar-refractivity contribution is 5.75. The van der Waals surface area contributed by atoms with Crippen LogP contribution in [0.5, 0.6) is 5.75 Å². The van der Waals surface area contributed by atoms with Crippen molar-refractivity contribution in [2.45, 2.75) is 49.7 Å². The molecule has 1 saturated heterocycles. The summed E-state index contributed by atoms with van der Waals surface area (Å²) in [6, 6.07) is 15.4. The second-order valence-corrected chi connectivity index (χ2v) is 8.33. The maximum Gasteiger partial charge on any atom is 0.317 e. The van der Waals surface area contributed by atoms with Crippen molar-refractivity contribution in [3.05, 3.63) is 65.5 Å². The number of ether oxygens (including phenoxy) is 1. The summed E-state index contributed by atoms with van der Waals surface area (Å²) in [7, 11) is 0. The van der Waals surface area contributed by atoms with E-state index in [1.54, 1.807) is 12.1 Å². The highest BCUT2D eigenvalue weighted by atomic mass is 19.1. The number of nitrogens with one attached hydrogen (secondary N) is 1. The van der Waals surface area contributed by atoms with Gasteiger partial charge in [-0.3, -0.25) is 0 Å². The second-order valence-electron chi connectivity index (χ2n) is 8.33. The molecule has 2 amide bonds. The van der Waals surface area contributed by atoms with E-state index in [9.17, 15) is 9.18 Å². The zero-order valence-electron chi connectivity index (χ0n) is 15.9. The Labute approximate surface area is 164 Å². The number of aryl methyl sites for hydroxylation is 1. The second kappa shape index (κ2) is 6.80. The molecule has 2 unspecified atom stereocenters. The minimum Gasteiger partial charge on any atom is -0.487 e. The summed E-state index contributed by atoms with van der Waals surface area (Å²) in [5.74, 6) is 1.03. The molecule has 1 aliphatic carbocycles. The molecular formula is C23H25FN2O2. The number of fused-ring (bicyclic) bond motifs is 1. The van der Waals surface area contributed by atoms with E-state index in [1.807, 2.05) is 23.1 Å². The number of urea groups is 1. The van der Waals surface area contributed by atoms with Crippen molar-refractivity contribution in [1.29, 1.82) is 0 Å². The lowest BCUT2D eigenvalue weighted by Gasteiger charge is -2.44. The third-order valence-electron chi connectivity index (χ3n) is 6.49.